The third kappa shape index (κ3) is 4.56. The Morgan fingerprint density at radius 2 is 1.96 bits per heavy atom. The second-order valence-electron chi connectivity index (χ2n) is 7.26. The van der Waals surface area contributed by atoms with Crippen LogP contribution in [-0.2, 0) is 14.2 Å². The maximum absolute atomic E-state index is 12.5. The van der Waals surface area contributed by atoms with Gasteiger partial charge in [-0.1, -0.05) is 18.2 Å². The van der Waals surface area contributed by atoms with Gasteiger partial charge in [0.2, 0.25) is 0 Å². The molecule has 2 saturated heterocycles. The molecule has 0 N–H and O–H groups in total. The Morgan fingerprint density at radius 1 is 1.25 bits per heavy atom. The number of ether oxygens (including phenoxy) is 3. The fourth-order valence-corrected chi connectivity index (χ4v) is 3.35. The van der Waals surface area contributed by atoms with Gasteiger partial charge in [-0.25, -0.2) is 4.79 Å². The first-order valence-corrected chi connectivity index (χ1v) is 8.74. The molecule has 5 nitrogen and oxygen atoms in total. The van der Waals surface area contributed by atoms with E-state index in [2.05, 4.69) is 18.7 Å². The van der Waals surface area contributed by atoms with Gasteiger partial charge in [0.25, 0.3) is 0 Å². The summed E-state index contributed by atoms with van der Waals surface area (Å²) in [4.78, 5) is 14.8. The molecule has 0 spiro atoms. The van der Waals surface area contributed by atoms with Gasteiger partial charge in [-0.2, -0.15) is 0 Å². The summed E-state index contributed by atoms with van der Waals surface area (Å²) in [6.45, 7) is 9.02. The highest BCUT2D eigenvalue weighted by Gasteiger charge is 2.39. The summed E-state index contributed by atoms with van der Waals surface area (Å²) in [6.07, 6.45) is 0.602. The highest BCUT2D eigenvalue weighted by Crippen LogP contribution is 2.31. The maximum atomic E-state index is 12.5. The lowest BCUT2D eigenvalue weighted by Gasteiger charge is -2.42. The molecule has 2 aliphatic heterocycles. The van der Waals surface area contributed by atoms with Crippen LogP contribution in [0.2, 0.25) is 0 Å². The number of carbonyl (C=O) groups is 1. The van der Waals surface area contributed by atoms with Gasteiger partial charge in [0.1, 0.15) is 6.10 Å². The largest absolute Gasteiger partial charge is 0.458 e. The van der Waals surface area contributed by atoms with Crippen LogP contribution in [0, 0.1) is 5.92 Å². The van der Waals surface area contributed by atoms with E-state index < -0.39 is 0 Å². The number of rotatable bonds is 4. The second-order valence-corrected chi connectivity index (χ2v) is 7.26. The Morgan fingerprint density at radius 3 is 2.67 bits per heavy atom. The summed E-state index contributed by atoms with van der Waals surface area (Å²) in [5, 5.41) is 0. The van der Waals surface area contributed by atoms with Crippen molar-refractivity contribution >= 4 is 5.97 Å². The topological polar surface area (TPSA) is 48.0 Å². The normalized spacial score (nSPS) is 27.6. The lowest BCUT2D eigenvalue weighted by atomic mass is 9.88. The molecule has 24 heavy (non-hydrogen) atoms. The molecule has 0 saturated carbocycles. The molecule has 1 aromatic rings. The number of carbonyl (C=O) groups excluding carboxylic acids is 1. The lowest BCUT2D eigenvalue weighted by molar-refractivity contribution is -0.139. The first-order valence-electron chi connectivity index (χ1n) is 8.74. The SMILES string of the molecule is CC1(C)C[C@@H](OC(=O)c2ccccc2)[C@@H](CN2CCOCC2)CO1. The van der Waals surface area contributed by atoms with Crippen LogP contribution >= 0.6 is 0 Å². The molecule has 0 amide bonds. The van der Waals surface area contributed by atoms with Crippen LogP contribution in [0.15, 0.2) is 30.3 Å². The minimum absolute atomic E-state index is 0.121. The zero-order valence-corrected chi connectivity index (χ0v) is 14.6. The van der Waals surface area contributed by atoms with Crippen LogP contribution in [0.3, 0.4) is 0 Å². The summed E-state index contributed by atoms with van der Waals surface area (Å²) in [5.74, 6) is -0.0472. The van der Waals surface area contributed by atoms with E-state index in [1.54, 1.807) is 12.1 Å². The number of esters is 1. The summed E-state index contributed by atoms with van der Waals surface area (Å²) >= 11 is 0. The monoisotopic (exact) mass is 333 g/mol. The number of nitrogens with zero attached hydrogens (tertiary/aromatic N) is 1. The van der Waals surface area contributed by atoms with E-state index in [1.807, 2.05) is 18.2 Å². The molecule has 0 aromatic heterocycles. The zero-order chi connectivity index (χ0) is 17.0. The van der Waals surface area contributed by atoms with Crippen molar-refractivity contribution in [3.05, 3.63) is 35.9 Å². The van der Waals surface area contributed by atoms with E-state index >= 15 is 0 Å². The van der Waals surface area contributed by atoms with Crippen molar-refractivity contribution in [2.75, 3.05) is 39.5 Å². The highest BCUT2D eigenvalue weighted by atomic mass is 16.6. The fraction of sp³-hybridized carbons (Fsp3) is 0.632. The van der Waals surface area contributed by atoms with Crippen LogP contribution in [0.1, 0.15) is 30.6 Å². The van der Waals surface area contributed by atoms with Crippen LogP contribution in [0.25, 0.3) is 0 Å². The maximum Gasteiger partial charge on any atom is 0.338 e. The molecule has 5 heteroatoms. The molecular weight excluding hydrogens is 306 g/mol. The molecular formula is C19H27NO4. The number of hydrogen-bond acceptors (Lipinski definition) is 5. The van der Waals surface area contributed by atoms with Crippen molar-refractivity contribution in [1.29, 1.82) is 0 Å². The van der Waals surface area contributed by atoms with Crippen LogP contribution in [0.5, 0.6) is 0 Å². The summed E-state index contributed by atoms with van der Waals surface area (Å²) in [6, 6.07) is 9.20. The first-order chi connectivity index (χ1) is 11.5. The summed E-state index contributed by atoms with van der Waals surface area (Å²) < 4.78 is 17.3. The Balaban J connectivity index is 1.66. The van der Waals surface area contributed by atoms with Crippen molar-refractivity contribution in [2.24, 2.45) is 5.92 Å². The molecule has 0 bridgehead atoms. The molecule has 0 unspecified atom stereocenters. The van der Waals surface area contributed by atoms with Gasteiger partial charge in [0, 0.05) is 32.0 Å². The Hall–Kier alpha value is -1.43. The minimum atomic E-state index is -0.261. The van der Waals surface area contributed by atoms with E-state index in [9.17, 15) is 4.79 Å². The molecule has 2 aliphatic rings. The van der Waals surface area contributed by atoms with Crippen molar-refractivity contribution in [3.8, 4) is 0 Å². The van der Waals surface area contributed by atoms with Crippen LogP contribution in [0.4, 0.5) is 0 Å². The van der Waals surface area contributed by atoms with Crippen molar-refractivity contribution < 1.29 is 19.0 Å². The zero-order valence-electron chi connectivity index (χ0n) is 14.6. The van der Waals surface area contributed by atoms with Crippen LogP contribution in [-0.4, -0.2) is 62.0 Å². The third-order valence-corrected chi connectivity index (χ3v) is 4.77. The van der Waals surface area contributed by atoms with E-state index in [0.29, 0.717) is 12.2 Å². The average Bonchev–Trinajstić information content (AvgIpc) is 2.59. The number of hydrogen-bond donors (Lipinski definition) is 0. The van der Waals surface area contributed by atoms with Crippen molar-refractivity contribution in [2.45, 2.75) is 32.0 Å². The minimum Gasteiger partial charge on any atom is -0.458 e. The van der Waals surface area contributed by atoms with Crippen molar-refractivity contribution in [1.82, 2.24) is 4.90 Å². The molecule has 0 radical (unpaired) electrons. The van der Waals surface area contributed by atoms with Gasteiger partial charge in [-0.05, 0) is 26.0 Å². The second kappa shape index (κ2) is 7.64. The Bertz CT molecular complexity index is 540. The van der Waals surface area contributed by atoms with Crippen molar-refractivity contribution in [3.63, 3.8) is 0 Å². The molecule has 3 rings (SSSR count). The fourth-order valence-electron chi connectivity index (χ4n) is 3.35. The lowest BCUT2D eigenvalue weighted by Crippen LogP contribution is -2.50. The molecule has 1 aromatic carbocycles. The molecule has 2 fully saturated rings. The molecule has 132 valence electrons. The molecule has 2 heterocycles. The van der Waals surface area contributed by atoms with Gasteiger partial charge in [0.15, 0.2) is 0 Å². The smallest absolute Gasteiger partial charge is 0.338 e. The Labute approximate surface area is 143 Å². The van der Waals surface area contributed by atoms with E-state index in [4.69, 9.17) is 14.2 Å². The van der Waals surface area contributed by atoms with Crippen LogP contribution < -0.4 is 0 Å². The quantitative estimate of drug-likeness (QED) is 0.792. The Kier molecular flexibility index (Phi) is 5.54. The number of morpholine rings is 1. The highest BCUT2D eigenvalue weighted by molar-refractivity contribution is 5.89. The van der Waals surface area contributed by atoms with E-state index in [0.717, 1.165) is 39.3 Å². The number of benzene rings is 1. The van der Waals surface area contributed by atoms with Gasteiger partial charge in [-0.15, -0.1) is 0 Å². The predicted octanol–water partition coefficient (Wildman–Crippen LogP) is 2.36. The van der Waals surface area contributed by atoms with E-state index in [1.165, 1.54) is 0 Å². The van der Waals surface area contributed by atoms with Gasteiger partial charge < -0.3 is 14.2 Å². The van der Waals surface area contributed by atoms with E-state index in [-0.39, 0.29) is 23.6 Å². The van der Waals surface area contributed by atoms with Gasteiger partial charge >= 0.3 is 5.97 Å². The summed E-state index contributed by atoms with van der Waals surface area (Å²) in [7, 11) is 0. The predicted molar refractivity (Wildman–Crippen MR) is 91.0 cm³/mol. The van der Waals surface area contributed by atoms with Gasteiger partial charge in [0.05, 0.1) is 31.0 Å². The molecule has 0 aliphatic carbocycles. The summed E-state index contributed by atoms with van der Waals surface area (Å²) in [5.41, 5.74) is 0.343. The standard InChI is InChI=1S/C19H27NO4/c1-19(2)12-17(24-18(21)15-6-4-3-5-7-15)16(14-23-19)13-20-8-10-22-11-9-20/h3-7,16-17H,8-14H2,1-2H3/t16-,17+/m0/s1. The first kappa shape index (κ1) is 17.4. The molecule has 2 atom stereocenters. The third-order valence-electron chi connectivity index (χ3n) is 4.77. The average molecular weight is 333 g/mol. The van der Waals surface area contributed by atoms with Gasteiger partial charge in [-0.3, -0.25) is 4.90 Å².